The van der Waals surface area contributed by atoms with E-state index in [0.717, 1.165) is 23.2 Å². The van der Waals surface area contributed by atoms with Crippen LogP contribution in [0.1, 0.15) is 18.4 Å². The third-order valence-electron chi connectivity index (χ3n) is 4.17. The molecule has 3 rings (SSSR count). The lowest BCUT2D eigenvalue weighted by molar-refractivity contribution is 0.249. The summed E-state index contributed by atoms with van der Waals surface area (Å²) in [4.78, 5) is 17.7. The van der Waals surface area contributed by atoms with Crippen molar-refractivity contribution < 1.29 is 13.6 Å². The Morgan fingerprint density at radius 3 is 2.70 bits per heavy atom. The van der Waals surface area contributed by atoms with E-state index in [-0.39, 0.29) is 33.7 Å². The molecule has 0 bridgehead atoms. The number of halogens is 4. The van der Waals surface area contributed by atoms with Gasteiger partial charge in [0.05, 0.1) is 15.7 Å². The van der Waals surface area contributed by atoms with Crippen LogP contribution in [0.5, 0.6) is 0 Å². The number of hydrogen-bond donors (Lipinski definition) is 2. The summed E-state index contributed by atoms with van der Waals surface area (Å²) < 4.78 is 29.5. The second-order valence-electron chi connectivity index (χ2n) is 5.98. The monoisotopic (exact) mass is 432 g/mol. The Morgan fingerprint density at radius 2 is 2.00 bits per heavy atom. The smallest absolute Gasteiger partial charge is 0.332 e. The van der Waals surface area contributed by atoms with Crippen LogP contribution in [0.4, 0.5) is 25.1 Å². The summed E-state index contributed by atoms with van der Waals surface area (Å²) in [6.45, 7) is 1.03. The molecule has 0 atom stereocenters. The van der Waals surface area contributed by atoms with Gasteiger partial charge in [-0.15, -0.1) is 0 Å². The van der Waals surface area contributed by atoms with E-state index in [1.807, 2.05) is 0 Å². The highest BCUT2D eigenvalue weighted by molar-refractivity contribution is 7.82. The normalized spacial score (nSPS) is 13.7. The van der Waals surface area contributed by atoms with Crippen LogP contribution < -0.4 is 14.5 Å². The number of anilines is 2. The zero-order chi connectivity index (χ0) is 19.6. The topological polar surface area (TPSA) is 48.5 Å². The minimum absolute atomic E-state index is 0.00149. The van der Waals surface area contributed by atoms with E-state index < -0.39 is 17.8 Å². The molecule has 0 unspecified atom stereocenters. The molecule has 1 fully saturated rings. The number of thiol groups is 1. The van der Waals surface area contributed by atoms with Crippen LogP contribution in [0.15, 0.2) is 24.3 Å². The van der Waals surface area contributed by atoms with E-state index in [9.17, 15) is 13.6 Å². The van der Waals surface area contributed by atoms with Crippen LogP contribution in [0.25, 0.3) is 0 Å². The maximum Gasteiger partial charge on any atom is 0.332 e. The maximum atomic E-state index is 14.3. The summed E-state index contributed by atoms with van der Waals surface area (Å²) in [5.74, 6) is -1.45. The molecule has 1 saturated heterocycles. The Balaban J connectivity index is 1.69. The minimum Gasteiger partial charge on any atom is -0.354 e. The molecule has 2 heterocycles. The largest absolute Gasteiger partial charge is 0.354 e. The van der Waals surface area contributed by atoms with Crippen LogP contribution in [0.2, 0.25) is 10.0 Å². The van der Waals surface area contributed by atoms with E-state index in [1.165, 1.54) is 0 Å². The highest BCUT2D eigenvalue weighted by atomic mass is 35.5. The van der Waals surface area contributed by atoms with Crippen LogP contribution >= 0.6 is 36.0 Å². The van der Waals surface area contributed by atoms with Gasteiger partial charge >= 0.3 is 6.03 Å². The first-order valence-electron chi connectivity index (χ1n) is 8.19. The van der Waals surface area contributed by atoms with Crippen molar-refractivity contribution in [2.75, 3.05) is 22.3 Å². The molecule has 2 aromatic rings. The van der Waals surface area contributed by atoms with Gasteiger partial charge in [0.15, 0.2) is 11.6 Å². The number of hydrogen-bond acceptors (Lipinski definition) is 4. The van der Waals surface area contributed by atoms with Crippen molar-refractivity contribution in [3.8, 4) is 0 Å². The van der Waals surface area contributed by atoms with Gasteiger partial charge in [0.25, 0.3) is 0 Å². The van der Waals surface area contributed by atoms with E-state index in [2.05, 4.69) is 23.1 Å². The van der Waals surface area contributed by atoms with Crippen LogP contribution in [-0.4, -0.2) is 24.1 Å². The van der Waals surface area contributed by atoms with Gasteiger partial charge < -0.3 is 10.2 Å². The second-order valence-corrected chi connectivity index (χ2v) is 7.17. The molecule has 5 nitrogen and oxygen atoms in total. The summed E-state index contributed by atoms with van der Waals surface area (Å²) in [5.41, 5.74) is 0.196. The Bertz CT molecular complexity index is 865. The van der Waals surface area contributed by atoms with Gasteiger partial charge in [-0.05, 0) is 31.0 Å². The first-order chi connectivity index (χ1) is 12.9. The molecular weight excluding hydrogens is 417 g/mol. The first kappa shape index (κ1) is 20.0. The number of urea groups is 1. The molecule has 1 aromatic heterocycles. The lowest BCUT2D eigenvalue weighted by Crippen LogP contribution is -2.34. The third kappa shape index (κ3) is 4.39. The number of carbonyl (C=O) groups is 1. The Kier molecular flexibility index (Phi) is 6.29. The molecule has 1 aromatic carbocycles. The average molecular weight is 433 g/mol. The van der Waals surface area contributed by atoms with E-state index >= 15 is 0 Å². The molecule has 10 heteroatoms. The molecule has 1 aliphatic rings. The van der Waals surface area contributed by atoms with Crippen molar-refractivity contribution in [2.45, 2.75) is 19.4 Å². The molecule has 27 heavy (non-hydrogen) atoms. The number of nitrogens with zero attached hydrogens (tertiary/aromatic N) is 3. The van der Waals surface area contributed by atoms with Crippen molar-refractivity contribution in [1.82, 2.24) is 10.3 Å². The number of rotatable bonds is 4. The Hall–Kier alpha value is -1.77. The van der Waals surface area contributed by atoms with Crippen molar-refractivity contribution in [3.05, 3.63) is 51.6 Å². The van der Waals surface area contributed by atoms with Crippen LogP contribution in [0, 0.1) is 11.8 Å². The highest BCUT2D eigenvalue weighted by Gasteiger charge is 2.21. The SMILES string of the molecule is O=C(NCc1cc(F)c(N2CCCC2)nc1F)N(S)c1cccc(Cl)c1Cl. The fourth-order valence-electron chi connectivity index (χ4n) is 2.78. The zero-order valence-electron chi connectivity index (χ0n) is 14.1. The molecule has 2 amide bonds. The molecule has 144 valence electrons. The summed E-state index contributed by atoms with van der Waals surface area (Å²) >= 11 is 16.1. The molecule has 1 N–H and O–H groups in total. The molecule has 0 saturated carbocycles. The number of carbonyl (C=O) groups excluding carboxylic acids is 1. The molecule has 0 radical (unpaired) electrons. The zero-order valence-corrected chi connectivity index (χ0v) is 16.5. The van der Waals surface area contributed by atoms with E-state index in [4.69, 9.17) is 23.2 Å². The number of amides is 2. The molecule has 0 spiro atoms. The second kappa shape index (κ2) is 8.50. The maximum absolute atomic E-state index is 14.3. The fourth-order valence-corrected chi connectivity index (χ4v) is 3.46. The van der Waals surface area contributed by atoms with Crippen molar-refractivity contribution >= 4 is 53.6 Å². The molecule has 0 aliphatic carbocycles. The van der Waals surface area contributed by atoms with Gasteiger partial charge in [0, 0.05) is 25.2 Å². The van der Waals surface area contributed by atoms with Gasteiger partial charge in [-0.25, -0.2) is 13.5 Å². The Morgan fingerprint density at radius 1 is 1.30 bits per heavy atom. The summed E-state index contributed by atoms with van der Waals surface area (Å²) in [5, 5.41) is 2.86. The summed E-state index contributed by atoms with van der Waals surface area (Å²) in [6.07, 6.45) is 1.84. The minimum atomic E-state index is -0.829. The van der Waals surface area contributed by atoms with Crippen molar-refractivity contribution in [3.63, 3.8) is 0 Å². The summed E-state index contributed by atoms with van der Waals surface area (Å²) in [6, 6.07) is 5.10. The van der Waals surface area contributed by atoms with E-state index in [1.54, 1.807) is 23.1 Å². The highest BCUT2D eigenvalue weighted by Crippen LogP contribution is 2.33. The molecule has 1 aliphatic heterocycles. The first-order valence-corrected chi connectivity index (χ1v) is 9.34. The van der Waals surface area contributed by atoms with Crippen molar-refractivity contribution in [1.29, 1.82) is 0 Å². The van der Waals surface area contributed by atoms with Crippen LogP contribution in [0.3, 0.4) is 0 Å². The van der Waals surface area contributed by atoms with Gasteiger partial charge in [-0.2, -0.15) is 9.37 Å². The number of nitrogens with one attached hydrogen (secondary N) is 1. The third-order valence-corrected chi connectivity index (χ3v) is 5.38. The average Bonchev–Trinajstić information content (AvgIpc) is 3.18. The van der Waals surface area contributed by atoms with Gasteiger partial charge in [-0.3, -0.25) is 0 Å². The van der Waals surface area contributed by atoms with Gasteiger partial charge in [0.1, 0.15) is 0 Å². The lowest BCUT2D eigenvalue weighted by atomic mass is 10.2. The van der Waals surface area contributed by atoms with Crippen LogP contribution in [-0.2, 0) is 6.54 Å². The Labute approximate surface area is 170 Å². The lowest BCUT2D eigenvalue weighted by Gasteiger charge is -2.19. The standard InChI is InChI=1S/C17H16Cl2F2N4OS/c18-11-4-3-5-13(14(11)19)25(27)17(26)22-9-10-8-12(20)16(23-15(10)21)24-6-1-2-7-24/h3-5,8,27H,1-2,6-7,9H2,(H,22,26). The predicted octanol–water partition coefficient (Wildman–Crippen LogP) is 4.83. The van der Waals surface area contributed by atoms with Gasteiger partial charge in [0.2, 0.25) is 5.95 Å². The number of pyridine rings is 1. The van der Waals surface area contributed by atoms with Gasteiger partial charge in [-0.1, -0.05) is 42.1 Å². The predicted molar refractivity (Wildman–Crippen MR) is 106 cm³/mol. The number of aromatic nitrogens is 1. The number of benzene rings is 1. The van der Waals surface area contributed by atoms with E-state index in [0.29, 0.717) is 13.1 Å². The quantitative estimate of drug-likeness (QED) is 0.537. The van der Waals surface area contributed by atoms with Crippen molar-refractivity contribution in [2.24, 2.45) is 0 Å². The molecular formula is C17H16Cl2F2N4OS. The fraction of sp³-hybridized carbons (Fsp3) is 0.294. The summed E-state index contributed by atoms with van der Waals surface area (Å²) in [7, 11) is 0.